The molecule has 1 aliphatic carbocycles. The molecule has 1 saturated heterocycles. The molecule has 6 rings (SSSR count). The van der Waals surface area contributed by atoms with Crippen LogP contribution in [0.25, 0.3) is 10.8 Å². The number of anilines is 1. The van der Waals surface area contributed by atoms with Crippen LogP contribution >= 0.6 is 0 Å². The third kappa shape index (κ3) is 5.50. The van der Waals surface area contributed by atoms with Gasteiger partial charge >= 0.3 is 0 Å². The second-order valence-electron chi connectivity index (χ2n) is 11.4. The fourth-order valence-electron chi connectivity index (χ4n) is 6.13. The Morgan fingerprint density at radius 1 is 1.00 bits per heavy atom. The smallest absolute Gasteiger partial charge is 0.272 e. The summed E-state index contributed by atoms with van der Waals surface area (Å²) < 4.78 is 85.7. The highest BCUT2D eigenvalue weighted by Gasteiger charge is 2.47. The number of amides is 1. The molecule has 45 heavy (non-hydrogen) atoms. The van der Waals surface area contributed by atoms with Crippen molar-refractivity contribution in [3.63, 3.8) is 0 Å². The summed E-state index contributed by atoms with van der Waals surface area (Å²) in [5.41, 5.74) is 0.432. The van der Waals surface area contributed by atoms with Gasteiger partial charge in [0.15, 0.2) is 28.2 Å². The van der Waals surface area contributed by atoms with Gasteiger partial charge in [-0.3, -0.25) is 14.6 Å². The molecule has 0 unspecified atom stereocenters. The van der Waals surface area contributed by atoms with E-state index in [1.54, 1.807) is 12.3 Å². The lowest BCUT2D eigenvalue weighted by Crippen LogP contribution is -2.59. The number of benzene rings is 2. The van der Waals surface area contributed by atoms with Crippen molar-refractivity contribution in [2.24, 2.45) is 0 Å². The normalized spacial score (nSPS) is 17.8. The van der Waals surface area contributed by atoms with Gasteiger partial charge in [-0.2, -0.15) is 9.40 Å². The predicted molar refractivity (Wildman–Crippen MR) is 157 cm³/mol. The Bertz CT molecular complexity index is 1950. The molecular formula is C31H29F4N5O4S. The molecule has 1 amide bonds. The third-order valence-corrected chi connectivity index (χ3v) is 10.7. The zero-order chi connectivity index (χ0) is 32.0. The Kier molecular flexibility index (Phi) is 8.20. The highest BCUT2D eigenvalue weighted by molar-refractivity contribution is 7.89. The third-order valence-electron chi connectivity index (χ3n) is 8.73. The first-order valence-corrected chi connectivity index (χ1v) is 16.0. The Morgan fingerprint density at radius 2 is 1.71 bits per heavy atom. The van der Waals surface area contributed by atoms with Crippen molar-refractivity contribution in [2.45, 2.75) is 68.8 Å². The van der Waals surface area contributed by atoms with Gasteiger partial charge in [-0.05, 0) is 68.0 Å². The van der Waals surface area contributed by atoms with E-state index in [2.05, 4.69) is 15.2 Å². The van der Waals surface area contributed by atoms with Gasteiger partial charge in [-0.25, -0.2) is 31.1 Å². The summed E-state index contributed by atoms with van der Waals surface area (Å²) in [6.07, 6.45) is 8.49. The number of sulfonamides is 1. The van der Waals surface area contributed by atoms with E-state index < -0.39 is 61.3 Å². The van der Waals surface area contributed by atoms with Crippen molar-refractivity contribution >= 4 is 32.4 Å². The van der Waals surface area contributed by atoms with E-state index in [1.165, 1.54) is 29.7 Å². The minimum absolute atomic E-state index is 0.0149. The number of pyridine rings is 1. The average Bonchev–Trinajstić information content (AvgIpc) is 3.01. The van der Waals surface area contributed by atoms with Gasteiger partial charge in [-0.1, -0.05) is 19.3 Å². The van der Waals surface area contributed by atoms with Crippen LogP contribution in [0.1, 0.15) is 61.3 Å². The van der Waals surface area contributed by atoms with Crippen LogP contribution in [0, 0.1) is 30.2 Å². The summed E-state index contributed by atoms with van der Waals surface area (Å²) >= 11 is 0. The fourth-order valence-corrected chi connectivity index (χ4v) is 7.87. The highest BCUT2D eigenvalue weighted by Crippen LogP contribution is 2.36. The van der Waals surface area contributed by atoms with Gasteiger partial charge in [0.05, 0.1) is 23.8 Å². The van der Waals surface area contributed by atoms with E-state index in [0.29, 0.717) is 32.4 Å². The number of aromatic nitrogens is 3. The standard InChI is InChI=1S/C31H29F4N5O4S/c1-17-25(32)27(34)29(28(35)26(17)33)45(43,44)40-12-10-24(40)31(42)39(22-7-8-23-20(14-22)15-37-38-30(23)41)16-21-13-19(9-11-36-21)18-5-3-2-4-6-18/h7-9,11,13-15,18,24H,2-6,10,12,16H2,1H3,(H,38,41)/t24-/m1/s1. The summed E-state index contributed by atoms with van der Waals surface area (Å²) in [5.74, 6) is -8.19. The van der Waals surface area contributed by atoms with Crippen molar-refractivity contribution in [3.05, 3.63) is 93.2 Å². The van der Waals surface area contributed by atoms with E-state index in [4.69, 9.17) is 0 Å². The van der Waals surface area contributed by atoms with Crippen molar-refractivity contribution in [2.75, 3.05) is 11.4 Å². The van der Waals surface area contributed by atoms with Gasteiger partial charge < -0.3 is 4.90 Å². The van der Waals surface area contributed by atoms with E-state index in [9.17, 15) is 35.6 Å². The molecule has 4 aromatic rings. The van der Waals surface area contributed by atoms with Crippen LogP contribution in [0.15, 0.2) is 52.4 Å². The first kappa shape index (κ1) is 30.8. The molecule has 0 spiro atoms. The van der Waals surface area contributed by atoms with Gasteiger partial charge in [0.25, 0.3) is 5.56 Å². The number of rotatable bonds is 7. The van der Waals surface area contributed by atoms with Gasteiger partial charge in [0.2, 0.25) is 15.9 Å². The number of nitrogens with zero attached hydrogens (tertiary/aromatic N) is 4. The molecular weight excluding hydrogens is 614 g/mol. The van der Waals surface area contributed by atoms with E-state index in [0.717, 1.165) is 38.2 Å². The van der Waals surface area contributed by atoms with Crippen LogP contribution in [0.4, 0.5) is 23.2 Å². The van der Waals surface area contributed by atoms with Crippen molar-refractivity contribution in [3.8, 4) is 0 Å². The number of carbonyl (C=O) groups excluding carboxylic acids is 1. The zero-order valence-corrected chi connectivity index (χ0v) is 25.0. The number of aromatic amines is 1. The Hall–Kier alpha value is -4.17. The number of carbonyl (C=O) groups is 1. The quantitative estimate of drug-likeness (QED) is 0.218. The topological polar surface area (TPSA) is 116 Å². The second kappa shape index (κ2) is 12.0. The van der Waals surface area contributed by atoms with E-state index in [1.807, 2.05) is 12.1 Å². The SMILES string of the molecule is Cc1c(F)c(F)c(S(=O)(=O)N2CC[C@@H]2C(=O)N(Cc2cc(C3CCCCC3)ccn2)c2ccc3c(=O)[nH]ncc3c2)c(F)c1F. The lowest BCUT2D eigenvalue weighted by atomic mass is 9.84. The molecule has 14 heteroatoms. The van der Waals surface area contributed by atoms with Crippen LogP contribution in [0.3, 0.4) is 0 Å². The minimum atomic E-state index is -5.18. The number of hydrogen-bond acceptors (Lipinski definition) is 6. The largest absolute Gasteiger partial charge is 0.305 e. The molecule has 2 fully saturated rings. The summed E-state index contributed by atoms with van der Waals surface area (Å²) in [7, 11) is -5.18. The molecule has 2 aromatic carbocycles. The Balaban J connectivity index is 1.38. The number of nitrogens with one attached hydrogen (secondary N) is 1. The van der Waals surface area contributed by atoms with Crippen LogP contribution in [0.2, 0.25) is 0 Å². The number of fused-ring (bicyclic) bond motifs is 1. The van der Waals surface area contributed by atoms with E-state index in [-0.39, 0.29) is 19.5 Å². The van der Waals surface area contributed by atoms with Crippen molar-refractivity contribution in [1.29, 1.82) is 0 Å². The number of halogens is 4. The maximum Gasteiger partial charge on any atom is 0.272 e. The van der Waals surface area contributed by atoms with Gasteiger partial charge in [-0.15, -0.1) is 0 Å². The molecule has 2 aromatic heterocycles. The molecule has 3 heterocycles. The Morgan fingerprint density at radius 3 is 2.38 bits per heavy atom. The Labute approximate surface area is 255 Å². The number of hydrogen-bond donors (Lipinski definition) is 1. The van der Waals surface area contributed by atoms with Crippen LogP contribution in [-0.4, -0.2) is 46.4 Å². The number of H-pyrrole nitrogens is 1. The molecule has 1 saturated carbocycles. The summed E-state index contributed by atoms with van der Waals surface area (Å²) in [4.78, 5) is 30.3. The molecule has 9 nitrogen and oxygen atoms in total. The summed E-state index contributed by atoms with van der Waals surface area (Å²) in [5, 5.41) is 6.86. The molecule has 236 valence electrons. The molecule has 2 aliphatic rings. The molecule has 1 aliphatic heterocycles. The lowest BCUT2D eigenvalue weighted by molar-refractivity contribution is -0.125. The summed E-state index contributed by atoms with van der Waals surface area (Å²) in [6.45, 7) is 0.378. The second-order valence-corrected chi connectivity index (χ2v) is 13.3. The van der Waals surface area contributed by atoms with Crippen molar-refractivity contribution in [1.82, 2.24) is 19.5 Å². The molecule has 1 atom stereocenters. The fraction of sp³-hybridized carbons (Fsp3) is 0.355. The van der Waals surface area contributed by atoms with Crippen LogP contribution in [0.5, 0.6) is 0 Å². The van der Waals surface area contributed by atoms with Crippen LogP contribution < -0.4 is 10.5 Å². The molecule has 0 bridgehead atoms. The average molecular weight is 644 g/mol. The van der Waals surface area contributed by atoms with Gasteiger partial charge in [0, 0.05) is 29.4 Å². The minimum Gasteiger partial charge on any atom is -0.305 e. The van der Waals surface area contributed by atoms with E-state index >= 15 is 0 Å². The lowest BCUT2D eigenvalue weighted by Gasteiger charge is -2.41. The van der Waals surface area contributed by atoms with Gasteiger partial charge in [0.1, 0.15) is 6.04 Å². The molecule has 1 N–H and O–H groups in total. The predicted octanol–water partition coefficient (Wildman–Crippen LogP) is 5.23. The summed E-state index contributed by atoms with van der Waals surface area (Å²) in [6, 6.07) is 6.96. The zero-order valence-electron chi connectivity index (χ0n) is 24.2. The maximum atomic E-state index is 14.8. The highest BCUT2D eigenvalue weighted by atomic mass is 32.2. The first-order valence-electron chi connectivity index (χ1n) is 14.6. The van der Waals surface area contributed by atoms with Crippen molar-refractivity contribution < 1.29 is 30.8 Å². The monoisotopic (exact) mass is 643 g/mol. The first-order chi connectivity index (χ1) is 21.5. The maximum absolute atomic E-state index is 14.8. The molecule has 0 radical (unpaired) electrons. The van der Waals surface area contributed by atoms with Crippen LogP contribution in [-0.2, 0) is 21.4 Å².